The quantitative estimate of drug-likeness (QED) is 0.844. The van der Waals surface area contributed by atoms with Gasteiger partial charge in [-0.25, -0.2) is 0 Å². The zero-order valence-corrected chi connectivity index (χ0v) is 15.1. The highest BCUT2D eigenvalue weighted by Gasteiger charge is 2.36. The monoisotopic (exact) mass is 353 g/mol. The number of benzene rings is 2. The lowest BCUT2D eigenvalue weighted by atomic mass is 10.0. The van der Waals surface area contributed by atoms with E-state index in [0.29, 0.717) is 26.2 Å². The summed E-state index contributed by atoms with van der Waals surface area (Å²) in [6, 6.07) is 13.7. The molecule has 2 aliphatic heterocycles. The second-order valence-corrected chi connectivity index (χ2v) is 6.79. The molecule has 1 atom stereocenters. The summed E-state index contributed by atoms with van der Waals surface area (Å²) in [7, 11) is 0. The van der Waals surface area contributed by atoms with Crippen molar-refractivity contribution in [3.63, 3.8) is 0 Å². The lowest BCUT2D eigenvalue weighted by Gasteiger charge is -2.36. The van der Waals surface area contributed by atoms with Gasteiger partial charge < -0.3 is 19.1 Å². The van der Waals surface area contributed by atoms with Crippen molar-refractivity contribution in [3.05, 3.63) is 59.2 Å². The van der Waals surface area contributed by atoms with Crippen LogP contribution in [0.1, 0.15) is 29.2 Å². The Morgan fingerprint density at radius 2 is 1.81 bits per heavy atom. The Morgan fingerprint density at radius 1 is 1.08 bits per heavy atom. The van der Waals surface area contributed by atoms with Gasteiger partial charge in [-0.1, -0.05) is 36.4 Å². The summed E-state index contributed by atoms with van der Waals surface area (Å²) >= 11 is 0. The Balaban J connectivity index is 1.68. The number of rotatable bonds is 4. The van der Waals surface area contributed by atoms with Gasteiger partial charge in [0.2, 0.25) is 6.10 Å². The van der Waals surface area contributed by atoms with Crippen molar-refractivity contribution in [1.82, 2.24) is 0 Å². The predicted octanol–water partition coefficient (Wildman–Crippen LogP) is 3.53. The molecule has 26 heavy (non-hydrogen) atoms. The van der Waals surface area contributed by atoms with Crippen LogP contribution in [-0.4, -0.2) is 32.0 Å². The van der Waals surface area contributed by atoms with E-state index in [0.717, 1.165) is 28.1 Å². The van der Waals surface area contributed by atoms with Crippen molar-refractivity contribution in [2.75, 3.05) is 24.7 Å². The Morgan fingerprint density at radius 3 is 2.54 bits per heavy atom. The van der Waals surface area contributed by atoms with E-state index in [2.05, 4.69) is 6.07 Å². The van der Waals surface area contributed by atoms with Crippen molar-refractivity contribution < 1.29 is 19.0 Å². The molecule has 2 aromatic carbocycles. The molecule has 1 saturated heterocycles. The fourth-order valence-corrected chi connectivity index (χ4v) is 3.59. The van der Waals surface area contributed by atoms with E-state index in [9.17, 15) is 4.79 Å². The van der Waals surface area contributed by atoms with E-state index >= 15 is 0 Å². The topological polar surface area (TPSA) is 48.0 Å². The average molecular weight is 353 g/mol. The molecule has 0 N–H and O–H groups in total. The third-order valence-electron chi connectivity index (χ3n) is 4.80. The smallest absolute Gasteiger partial charge is 0.272 e. The van der Waals surface area contributed by atoms with Crippen LogP contribution in [0.2, 0.25) is 0 Å². The van der Waals surface area contributed by atoms with Crippen molar-refractivity contribution in [2.45, 2.75) is 32.7 Å². The van der Waals surface area contributed by atoms with Gasteiger partial charge in [-0.2, -0.15) is 0 Å². The van der Waals surface area contributed by atoms with Gasteiger partial charge in [-0.3, -0.25) is 4.79 Å². The molecule has 5 nitrogen and oxygen atoms in total. The van der Waals surface area contributed by atoms with Gasteiger partial charge >= 0.3 is 0 Å². The van der Waals surface area contributed by atoms with E-state index < -0.39 is 6.10 Å². The van der Waals surface area contributed by atoms with Gasteiger partial charge in [0.05, 0.1) is 18.9 Å². The lowest BCUT2D eigenvalue weighted by Crippen LogP contribution is -2.42. The highest BCUT2D eigenvalue weighted by atomic mass is 16.7. The minimum Gasteiger partial charge on any atom is -0.473 e. The van der Waals surface area contributed by atoms with Crippen LogP contribution in [0.15, 0.2) is 42.5 Å². The molecule has 0 bridgehead atoms. The summed E-state index contributed by atoms with van der Waals surface area (Å²) < 4.78 is 17.2. The number of anilines is 1. The Hall–Kier alpha value is -2.37. The minimum atomic E-state index is -0.629. The number of ether oxygens (including phenoxy) is 3. The van der Waals surface area contributed by atoms with Crippen LogP contribution in [0.5, 0.6) is 5.75 Å². The molecule has 5 heteroatoms. The number of nitrogens with zero attached hydrogens (tertiary/aromatic N) is 1. The van der Waals surface area contributed by atoms with Gasteiger partial charge in [-0.05, 0) is 31.0 Å². The van der Waals surface area contributed by atoms with Crippen LogP contribution in [0.4, 0.5) is 5.69 Å². The summed E-state index contributed by atoms with van der Waals surface area (Å²) in [5.41, 5.74) is 3.83. The van der Waals surface area contributed by atoms with Crippen LogP contribution in [-0.2, 0) is 14.3 Å². The molecule has 0 aliphatic carbocycles. The molecule has 2 aromatic rings. The van der Waals surface area contributed by atoms with Crippen LogP contribution in [0.3, 0.4) is 0 Å². The van der Waals surface area contributed by atoms with Gasteiger partial charge in [0.25, 0.3) is 5.91 Å². The summed E-state index contributed by atoms with van der Waals surface area (Å²) in [5, 5.41) is 0. The summed E-state index contributed by atoms with van der Waals surface area (Å²) in [6.45, 7) is 5.81. The number of carbonyl (C=O) groups excluding carboxylic acids is 1. The predicted molar refractivity (Wildman–Crippen MR) is 98.4 cm³/mol. The molecule has 136 valence electrons. The number of aryl methyl sites for hydroxylation is 2. The maximum atomic E-state index is 13.2. The molecule has 2 heterocycles. The number of hydrogen-bond donors (Lipinski definition) is 0. The van der Waals surface area contributed by atoms with Gasteiger partial charge in [0.15, 0.2) is 6.29 Å². The Bertz CT molecular complexity index is 799. The first-order chi connectivity index (χ1) is 12.6. The summed E-state index contributed by atoms with van der Waals surface area (Å²) in [5.74, 6) is 0.726. The minimum absolute atomic E-state index is 0.0494. The second kappa shape index (κ2) is 7.09. The molecule has 0 saturated carbocycles. The summed E-state index contributed by atoms with van der Waals surface area (Å²) in [6.07, 6.45) is -0.231. The van der Waals surface area contributed by atoms with E-state index in [1.807, 2.05) is 55.1 Å². The van der Waals surface area contributed by atoms with E-state index in [1.54, 1.807) is 0 Å². The maximum absolute atomic E-state index is 13.2. The van der Waals surface area contributed by atoms with Gasteiger partial charge in [-0.15, -0.1) is 0 Å². The van der Waals surface area contributed by atoms with Crippen LogP contribution in [0, 0.1) is 13.8 Å². The number of fused-ring (bicyclic) bond motifs is 1. The normalized spacial score (nSPS) is 20.2. The summed E-state index contributed by atoms with van der Waals surface area (Å²) in [4.78, 5) is 15.1. The molecular formula is C21H23NO4. The second-order valence-electron chi connectivity index (χ2n) is 6.79. The highest BCUT2D eigenvalue weighted by Crippen LogP contribution is 2.42. The Labute approximate surface area is 153 Å². The van der Waals surface area contributed by atoms with Gasteiger partial charge in [0, 0.05) is 18.5 Å². The molecular weight excluding hydrogens is 330 g/mol. The fourth-order valence-electron chi connectivity index (χ4n) is 3.59. The van der Waals surface area contributed by atoms with E-state index in [-0.39, 0.29) is 12.2 Å². The standard InChI is InChI=1S/C21H23NO4/c1-14-12-15(2)19-17(13-14)22(9-8-18-24-10-11-25-18)21(23)20(26-19)16-6-4-3-5-7-16/h3-7,12-13,18,20H,8-11H2,1-2H3. The third kappa shape index (κ3) is 3.20. The zero-order valence-electron chi connectivity index (χ0n) is 15.1. The highest BCUT2D eigenvalue weighted by molar-refractivity contribution is 6.01. The van der Waals surface area contributed by atoms with Crippen molar-refractivity contribution in [1.29, 1.82) is 0 Å². The van der Waals surface area contributed by atoms with Gasteiger partial charge in [0.1, 0.15) is 5.75 Å². The lowest BCUT2D eigenvalue weighted by molar-refractivity contribution is -0.127. The van der Waals surface area contributed by atoms with E-state index in [1.165, 1.54) is 0 Å². The van der Waals surface area contributed by atoms with Crippen LogP contribution < -0.4 is 9.64 Å². The zero-order chi connectivity index (χ0) is 18.1. The number of hydrogen-bond acceptors (Lipinski definition) is 4. The molecule has 4 rings (SSSR count). The Kier molecular flexibility index (Phi) is 4.66. The fraction of sp³-hybridized carbons (Fsp3) is 0.381. The van der Waals surface area contributed by atoms with Crippen LogP contribution in [0.25, 0.3) is 0 Å². The number of amides is 1. The first-order valence-corrected chi connectivity index (χ1v) is 9.01. The number of carbonyl (C=O) groups is 1. The largest absolute Gasteiger partial charge is 0.473 e. The first kappa shape index (κ1) is 17.1. The van der Waals surface area contributed by atoms with Crippen molar-refractivity contribution in [2.24, 2.45) is 0 Å². The molecule has 1 amide bonds. The SMILES string of the molecule is Cc1cc(C)c2c(c1)N(CCC1OCCO1)C(=O)C(c1ccccc1)O2. The first-order valence-electron chi connectivity index (χ1n) is 9.01. The average Bonchev–Trinajstić information content (AvgIpc) is 3.15. The van der Waals surface area contributed by atoms with E-state index in [4.69, 9.17) is 14.2 Å². The molecule has 1 unspecified atom stereocenters. The molecule has 0 aromatic heterocycles. The maximum Gasteiger partial charge on any atom is 0.272 e. The molecule has 0 spiro atoms. The molecule has 0 radical (unpaired) electrons. The van der Waals surface area contributed by atoms with Crippen molar-refractivity contribution >= 4 is 11.6 Å². The van der Waals surface area contributed by atoms with Crippen LogP contribution >= 0.6 is 0 Å². The molecule has 2 aliphatic rings. The van der Waals surface area contributed by atoms with Crippen molar-refractivity contribution in [3.8, 4) is 5.75 Å². The third-order valence-corrected chi connectivity index (χ3v) is 4.80. The molecule has 1 fully saturated rings.